The molecular weight excluding hydrogens is 252 g/mol. The van der Waals surface area contributed by atoms with E-state index in [1.54, 1.807) is 0 Å². The van der Waals surface area contributed by atoms with E-state index in [0.717, 1.165) is 36.8 Å². The van der Waals surface area contributed by atoms with Crippen LogP contribution in [-0.2, 0) is 0 Å². The molecule has 1 aliphatic rings. The van der Waals surface area contributed by atoms with E-state index in [0.29, 0.717) is 12.3 Å². The first-order chi connectivity index (χ1) is 9.79. The van der Waals surface area contributed by atoms with Crippen molar-refractivity contribution in [2.75, 3.05) is 13.1 Å². The minimum atomic E-state index is -0.0291. The van der Waals surface area contributed by atoms with Crippen molar-refractivity contribution in [3.05, 3.63) is 36.1 Å². The molecule has 0 radical (unpaired) electrons. The number of rotatable bonds is 2. The second-order valence-corrected chi connectivity index (χ2v) is 5.39. The summed E-state index contributed by atoms with van der Waals surface area (Å²) in [6.07, 6.45) is 4.34. The highest BCUT2D eigenvalue weighted by molar-refractivity contribution is 5.96. The van der Waals surface area contributed by atoms with Crippen LogP contribution in [0.4, 0.5) is 0 Å². The van der Waals surface area contributed by atoms with E-state index in [2.05, 4.69) is 0 Å². The monoisotopic (exact) mass is 272 g/mol. The first-order valence-electron chi connectivity index (χ1n) is 7.29. The van der Waals surface area contributed by atoms with Crippen LogP contribution in [0, 0.1) is 0 Å². The van der Waals surface area contributed by atoms with Gasteiger partial charge in [-0.25, -0.2) is 0 Å². The fraction of sp³-hybridized carbons (Fsp3) is 0.438. The lowest BCUT2D eigenvalue weighted by Crippen LogP contribution is -2.44. The van der Waals surface area contributed by atoms with E-state index in [4.69, 9.17) is 10.2 Å². The summed E-state index contributed by atoms with van der Waals surface area (Å²) in [6, 6.07) is 9.66. The third-order valence-corrected chi connectivity index (χ3v) is 4.05. The van der Waals surface area contributed by atoms with Gasteiger partial charge in [-0.15, -0.1) is 0 Å². The summed E-state index contributed by atoms with van der Waals surface area (Å²) in [5.41, 5.74) is 6.59. The van der Waals surface area contributed by atoms with Crippen LogP contribution in [0.15, 0.2) is 34.7 Å². The van der Waals surface area contributed by atoms with Gasteiger partial charge < -0.3 is 15.1 Å². The highest BCUT2D eigenvalue weighted by Crippen LogP contribution is 2.23. The number of benzene rings is 1. The van der Waals surface area contributed by atoms with E-state index in [1.165, 1.54) is 6.42 Å². The zero-order chi connectivity index (χ0) is 13.9. The normalized spacial score (nSPS) is 20.1. The molecule has 1 atom stereocenters. The van der Waals surface area contributed by atoms with Gasteiger partial charge in [0.25, 0.3) is 5.91 Å². The lowest BCUT2D eigenvalue weighted by atomic mass is 10.1. The van der Waals surface area contributed by atoms with Gasteiger partial charge in [-0.3, -0.25) is 4.79 Å². The molecule has 1 saturated heterocycles. The zero-order valence-corrected chi connectivity index (χ0v) is 11.5. The van der Waals surface area contributed by atoms with Crippen LogP contribution in [0.25, 0.3) is 11.0 Å². The Labute approximate surface area is 118 Å². The van der Waals surface area contributed by atoms with Gasteiger partial charge in [0.1, 0.15) is 5.58 Å². The van der Waals surface area contributed by atoms with Crippen molar-refractivity contribution in [3.8, 4) is 0 Å². The number of nitrogens with two attached hydrogens (primary N) is 1. The van der Waals surface area contributed by atoms with E-state index in [9.17, 15) is 4.79 Å². The van der Waals surface area contributed by atoms with Gasteiger partial charge in [0.2, 0.25) is 0 Å². The van der Waals surface area contributed by atoms with Gasteiger partial charge in [-0.1, -0.05) is 31.0 Å². The Hall–Kier alpha value is -1.81. The van der Waals surface area contributed by atoms with Crippen LogP contribution in [0.3, 0.4) is 0 Å². The molecule has 0 aliphatic carbocycles. The van der Waals surface area contributed by atoms with Crippen LogP contribution < -0.4 is 5.73 Å². The van der Waals surface area contributed by atoms with Crippen molar-refractivity contribution in [1.29, 1.82) is 0 Å². The Kier molecular flexibility index (Phi) is 3.74. The number of fused-ring (bicyclic) bond motifs is 1. The van der Waals surface area contributed by atoms with Crippen LogP contribution in [0.2, 0.25) is 0 Å². The Morgan fingerprint density at radius 2 is 2.15 bits per heavy atom. The Morgan fingerprint density at radius 3 is 2.95 bits per heavy atom. The quantitative estimate of drug-likeness (QED) is 0.914. The van der Waals surface area contributed by atoms with Gasteiger partial charge in [-0.05, 0) is 25.0 Å². The third kappa shape index (κ3) is 2.43. The van der Waals surface area contributed by atoms with Crippen molar-refractivity contribution in [1.82, 2.24) is 4.90 Å². The van der Waals surface area contributed by atoms with Crippen molar-refractivity contribution < 1.29 is 9.21 Å². The molecule has 4 nitrogen and oxygen atoms in total. The van der Waals surface area contributed by atoms with E-state index in [-0.39, 0.29) is 11.9 Å². The predicted octanol–water partition coefficient (Wildman–Crippen LogP) is 2.78. The van der Waals surface area contributed by atoms with Crippen molar-refractivity contribution >= 4 is 16.9 Å². The van der Waals surface area contributed by atoms with Gasteiger partial charge >= 0.3 is 0 Å². The first kappa shape index (κ1) is 13.2. The summed E-state index contributed by atoms with van der Waals surface area (Å²) in [5.74, 6) is 0.394. The number of amides is 1. The summed E-state index contributed by atoms with van der Waals surface area (Å²) in [5, 5.41) is 0.968. The van der Waals surface area contributed by atoms with E-state index < -0.39 is 0 Å². The Balaban J connectivity index is 1.89. The van der Waals surface area contributed by atoms with E-state index >= 15 is 0 Å². The molecule has 106 valence electrons. The Morgan fingerprint density at radius 1 is 1.30 bits per heavy atom. The molecule has 1 unspecified atom stereocenters. The molecule has 2 heterocycles. The third-order valence-electron chi connectivity index (χ3n) is 4.05. The maximum absolute atomic E-state index is 12.7. The smallest absolute Gasteiger partial charge is 0.289 e. The zero-order valence-electron chi connectivity index (χ0n) is 11.5. The summed E-state index contributed by atoms with van der Waals surface area (Å²) in [7, 11) is 0. The number of likely N-dealkylation sites (tertiary alicyclic amines) is 1. The molecule has 1 aromatic heterocycles. The van der Waals surface area contributed by atoms with Gasteiger partial charge in [-0.2, -0.15) is 0 Å². The number of para-hydroxylation sites is 1. The number of furan rings is 1. The predicted molar refractivity (Wildman–Crippen MR) is 78.6 cm³/mol. The highest BCUT2D eigenvalue weighted by atomic mass is 16.3. The number of nitrogens with zero attached hydrogens (tertiary/aromatic N) is 1. The molecule has 0 spiro atoms. The van der Waals surface area contributed by atoms with Crippen LogP contribution in [0.1, 0.15) is 36.2 Å². The van der Waals surface area contributed by atoms with Crippen LogP contribution in [-0.4, -0.2) is 29.9 Å². The van der Waals surface area contributed by atoms with Crippen molar-refractivity contribution in [2.24, 2.45) is 5.73 Å². The molecule has 2 aromatic rings. The molecule has 0 bridgehead atoms. The minimum absolute atomic E-state index is 0.0291. The van der Waals surface area contributed by atoms with Gasteiger partial charge in [0.05, 0.1) is 0 Å². The SMILES string of the molecule is NCC1CCCCCN1C(=O)c1cc2ccccc2o1. The minimum Gasteiger partial charge on any atom is -0.451 e. The summed E-state index contributed by atoms with van der Waals surface area (Å²) in [6.45, 7) is 1.30. The summed E-state index contributed by atoms with van der Waals surface area (Å²) < 4.78 is 5.68. The second kappa shape index (κ2) is 5.67. The second-order valence-electron chi connectivity index (χ2n) is 5.39. The molecular formula is C16H20N2O2. The maximum Gasteiger partial charge on any atom is 0.289 e. The fourth-order valence-electron chi connectivity index (χ4n) is 2.92. The Bertz CT molecular complexity index is 572. The van der Waals surface area contributed by atoms with Crippen molar-refractivity contribution in [2.45, 2.75) is 31.7 Å². The number of carbonyl (C=O) groups excluding carboxylic acids is 1. The average Bonchev–Trinajstić information content (AvgIpc) is 2.77. The summed E-state index contributed by atoms with van der Waals surface area (Å²) in [4.78, 5) is 14.6. The van der Waals surface area contributed by atoms with Crippen LogP contribution >= 0.6 is 0 Å². The topological polar surface area (TPSA) is 59.5 Å². The van der Waals surface area contributed by atoms with Crippen molar-refractivity contribution in [3.63, 3.8) is 0 Å². The highest BCUT2D eigenvalue weighted by Gasteiger charge is 2.27. The van der Waals surface area contributed by atoms with Crippen LogP contribution in [0.5, 0.6) is 0 Å². The largest absolute Gasteiger partial charge is 0.451 e. The molecule has 2 N–H and O–H groups in total. The molecule has 1 fully saturated rings. The molecule has 1 aliphatic heterocycles. The van der Waals surface area contributed by atoms with Gasteiger partial charge in [0, 0.05) is 24.5 Å². The fourth-order valence-corrected chi connectivity index (χ4v) is 2.92. The van der Waals surface area contributed by atoms with Gasteiger partial charge in [0.15, 0.2) is 5.76 Å². The molecule has 20 heavy (non-hydrogen) atoms. The number of carbonyl (C=O) groups is 1. The molecule has 1 aromatic carbocycles. The summed E-state index contributed by atoms with van der Waals surface area (Å²) >= 11 is 0. The maximum atomic E-state index is 12.7. The molecule has 1 amide bonds. The lowest BCUT2D eigenvalue weighted by Gasteiger charge is -2.28. The molecule has 4 heteroatoms. The standard InChI is InChI=1S/C16H20N2O2/c17-11-13-7-2-1-5-9-18(13)16(19)15-10-12-6-3-4-8-14(12)20-15/h3-4,6,8,10,13H,1-2,5,7,9,11,17H2. The first-order valence-corrected chi connectivity index (χ1v) is 7.29. The molecule has 3 rings (SSSR count). The number of hydrogen-bond donors (Lipinski definition) is 1. The van der Waals surface area contributed by atoms with E-state index in [1.807, 2.05) is 35.2 Å². The lowest BCUT2D eigenvalue weighted by molar-refractivity contribution is 0.0659. The molecule has 0 saturated carbocycles. The number of hydrogen-bond acceptors (Lipinski definition) is 3. The average molecular weight is 272 g/mol.